The lowest BCUT2D eigenvalue weighted by atomic mass is 9.91. The third-order valence-electron chi connectivity index (χ3n) is 3.45. The molecule has 2 saturated heterocycles. The average Bonchev–Trinajstić information content (AvgIpc) is 2.68. The summed E-state index contributed by atoms with van der Waals surface area (Å²) in [5, 5.41) is 2.84. The number of nitrogens with one attached hydrogen (secondary N) is 1. The summed E-state index contributed by atoms with van der Waals surface area (Å²) in [5.74, 6) is 0.797. The molecule has 2 unspecified atom stereocenters. The number of amides is 2. The molecule has 0 bridgehead atoms. The molecule has 0 aliphatic carbocycles. The van der Waals surface area contributed by atoms with Crippen LogP contribution < -0.4 is 5.32 Å². The van der Waals surface area contributed by atoms with Crippen LogP contribution in [0.1, 0.15) is 25.7 Å². The summed E-state index contributed by atoms with van der Waals surface area (Å²) >= 11 is 5.58. The molecular weight excluding hydrogens is 228 g/mol. The second-order valence-electron chi connectivity index (χ2n) is 4.44. The first-order chi connectivity index (χ1) is 7.74. The van der Waals surface area contributed by atoms with E-state index < -0.39 is 0 Å². The Morgan fingerprint density at radius 2 is 2.38 bits per heavy atom. The van der Waals surface area contributed by atoms with E-state index in [1.807, 2.05) is 4.90 Å². The topological polar surface area (TPSA) is 49.4 Å². The molecule has 5 heteroatoms. The maximum absolute atomic E-state index is 11.9. The number of fused-ring (bicyclic) bond motifs is 1. The molecule has 16 heavy (non-hydrogen) atoms. The van der Waals surface area contributed by atoms with Gasteiger partial charge in [-0.05, 0) is 19.3 Å². The molecule has 0 aromatic heterocycles. The average molecular weight is 245 g/mol. The molecule has 1 N–H and O–H groups in total. The van der Waals surface area contributed by atoms with E-state index in [-0.39, 0.29) is 23.8 Å². The first-order valence-corrected chi connectivity index (χ1v) is 6.40. The minimum atomic E-state index is 0.0219. The van der Waals surface area contributed by atoms with Crippen molar-refractivity contribution in [1.29, 1.82) is 0 Å². The van der Waals surface area contributed by atoms with E-state index in [2.05, 4.69) is 5.32 Å². The van der Waals surface area contributed by atoms with Gasteiger partial charge in [0.25, 0.3) is 0 Å². The van der Waals surface area contributed by atoms with E-state index in [4.69, 9.17) is 11.6 Å². The number of likely N-dealkylation sites (tertiary alicyclic amines) is 1. The number of halogens is 1. The second kappa shape index (κ2) is 5.04. The monoisotopic (exact) mass is 244 g/mol. The first kappa shape index (κ1) is 11.7. The van der Waals surface area contributed by atoms with Gasteiger partial charge in [-0.2, -0.15) is 0 Å². The molecule has 0 saturated carbocycles. The summed E-state index contributed by atoms with van der Waals surface area (Å²) in [5.41, 5.74) is 0. The van der Waals surface area contributed by atoms with Crippen molar-refractivity contribution in [2.75, 3.05) is 19.0 Å². The third kappa shape index (κ3) is 2.17. The van der Waals surface area contributed by atoms with Gasteiger partial charge in [-0.15, -0.1) is 11.6 Å². The SMILES string of the molecule is O=C1NCC2C1CCCN2C(=O)CCCCl. The molecule has 2 fully saturated rings. The lowest BCUT2D eigenvalue weighted by Crippen LogP contribution is -2.48. The van der Waals surface area contributed by atoms with Crippen molar-refractivity contribution in [3.63, 3.8) is 0 Å². The Morgan fingerprint density at radius 1 is 1.56 bits per heavy atom. The predicted octanol–water partition coefficient (Wildman–Crippen LogP) is 0.742. The Kier molecular flexibility index (Phi) is 3.69. The van der Waals surface area contributed by atoms with Crippen LogP contribution in [0.25, 0.3) is 0 Å². The summed E-state index contributed by atoms with van der Waals surface area (Å²) in [6.45, 7) is 1.41. The van der Waals surface area contributed by atoms with Crippen LogP contribution in [0, 0.1) is 5.92 Å². The molecule has 2 aliphatic heterocycles. The van der Waals surface area contributed by atoms with Crippen LogP contribution in [-0.2, 0) is 9.59 Å². The van der Waals surface area contributed by atoms with Crippen LogP contribution in [0.15, 0.2) is 0 Å². The summed E-state index contributed by atoms with van der Waals surface area (Å²) in [6.07, 6.45) is 3.06. The van der Waals surface area contributed by atoms with Crippen molar-refractivity contribution in [3.05, 3.63) is 0 Å². The quantitative estimate of drug-likeness (QED) is 0.745. The van der Waals surface area contributed by atoms with Crippen molar-refractivity contribution >= 4 is 23.4 Å². The highest BCUT2D eigenvalue weighted by atomic mass is 35.5. The molecule has 0 radical (unpaired) electrons. The van der Waals surface area contributed by atoms with Gasteiger partial charge < -0.3 is 10.2 Å². The van der Waals surface area contributed by atoms with Crippen LogP contribution in [0.5, 0.6) is 0 Å². The number of nitrogens with zero attached hydrogens (tertiary/aromatic N) is 1. The van der Waals surface area contributed by atoms with Crippen molar-refractivity contribution < 1.29 is 9.59 Å². The summed E-state index contributed by atoms with van der Waals surface area (Å²) in [6, 6.07) is 0.0871. The van der Waals surface area contributed by atoms with E-state index >= 15 is 0 Å². The third-order valence-corrected chi connectivity index (χ3v) is 3.71. The number of rotatable bonds is 3. The van der Waals surface area contributed by atoms with E-state index in [0.717, 1.165) is 25.8 Å². The maximum atomic E-state index is 11.9. The van der Waals surface area contributed by atoms with Gasteiger partial charge >= 0.3 is 0 Å². The highest BCUT2D eigenvalue weighted by molar-refractivity contribution is 6.17. The molecule has 2 amide bonds. The van der Waals surface area contributed by atoms with E-state index in [0.29, 0.717) is 18.8 Å². The van der Waals surface area contributed by atoms with Crippen LogP contribution in [0.4, 0.5) is 0 Å². The van der Waals surface area contributed by atoms with Crippen LogP contribution >= 0.6 is 11.6 Å². The van der Waals surface area contributed by atoms with E-state index in [9.17, 15) is 9.59 Å². The molecule has 2 heterocycles. The number of alkyl halides is 1. The van der Waals surface area contributed by atoms with Gasteiger partial charge in [0.1, 0.15) is 0 Å². The highest BCUT2D eigenvalue weighted by Crippen LogP contribution is 2.27. The van der Waals surface area contributed by atoms with Crippen molar-refractivity contribution in [2.24, 2.45) is 5.92 Å². The highest BCUT2D eigenvalue weighted by Gasteiger charge is 2.42. The predicted molar refractivity (Wildman–Crippen MR) is 61.2 cm³/mol. The van der Waals surface area contributed by atoms with Gasteiger partial charge in [0, 0.05) is 25.4 Å². The fourth-order valence-corrected chi connectivity index (χ4v) is 2.76. The fraction of sp³-hybridized carbons (Fsp3) is 0.818. The largest absolute Gasteiger partial charge is 0.354 e. The van der Waals surface area contributed by atoms with Crippen molar-refractivity contribution in [3.8, 4) is 0 Å². The van der Waals surface area contributed by atoms with Crippen molar-refractivity contribution in [2.45, 2.75) is 31.7 Å². The van der Waals surface area contributed by atoms with E-state index in [1.165, 1.54) is 0 Å². The normalized spacial score (nSPS) is 28.8. The van der Waals surface area contributed by atoms with Gasteiger partial charge in [0.2, 0.25) is 11.8 Å². The minimum absolute atomic E-state index is 0.0219. The molecule has 0 spiro atoms. The van der Waals surface area contributed by atoms with Crippen molar-refractivity contribution in [1.82, 2.24) is 10.2 Å². The van der Waals surface area contributed by atoms with Crippen LogP contribution in [-0.4, -0.2) is 41.7 Å². The van der Waals surface area contributed by atoms with Crippen LogP contribution in [0.2, 0.25) is 0 Å². The molecule has 4 nitrogen and oxygen atoms in total. The summed E-state index contributed by atoms with van der Waals surface area (Å²) in [4.78, 5) is 25.3. The van der Waals surface area contributed by atoms with Gasteiger partial charge in [-0.1, -0.05) is 0 Å². The first-order valence-electron chi connectivity index (χ1n) is 5.87. The molecule has 2 rings (SSSR count). The van der Waals surface area contributed by atoms with Gasteiger partial charge in [-0.3, -0.25) is 9.59 Å². The smallest absolute Gasteiger partial charge is 0.225 e. The Hall–Kier alpha value is -0.770. The number of carbonyl (C=O) groups excluding carboxylic acids is 2. The number of piperidine rings is 1. The second-order valence-corrected chi connectivity index (χ2v) is 4.82. The minimum Gasteiger partial charge on any atom is -0.354 e. The Labute approximate surface area is 100 Å². The zero-order valence-corrected chi connectivity index (χ0v) is 10.0. The van der Waals surface area contributed by atoms with Gasteiger partial charge in [0.15, 0.2) is 0 Å². The summed E-state index contributed by atoms with van der Waals surface area (Å²) < 4.78 is 0. The Morgan fingerprint density at radius 3 is 3.12 bits per heavy atom. The fourth-order valence-electron chi connectivity index (χ4n) is 2.62. The van der Waals surface area contributed by atoms with E-state index in [1.54, 1.807) is 0 Å². The van der Waals surface area contributed by atoms with Gasteiger partial charge in [0.05, 0.1) is 12.0 Å². The lowest BCUT2D eigenvalue weighted by molar-refractivity contribution is -0.136. The zero-order valence-electron chi connectivity index (χ0n) is 9.25. The lowest BCUT2D eigenvalue weighted by Gasteiger charge is -2.36. The molecule has 0 aromatic rings. The molecule has 2 aliphatic rings. The molecule has 90 valence electrons. The number of carbonyl (C=O) groups is 2. The molecule has 2 atom stereocenters. The zero-order chi connectivity index (χ0) is 11.5. The number of hydrogen-bond acceptors (Lipinski definition) is 2. The molecular formula is C11H17ClN2O2. The number of hydrogen-bond donors (Lipinski definition) is 1. The standard InChI is InChI=1S/C11H17ClN2O2/c12-5-1-4-10(15)14-6-2-3-8-9(14)7-13-11(8)16/h8-9H,1-7H2,(H,13,16). The Balaban J connectivity index is 1.98. The Bertz CT molecular complexity index is 296. The maximum Gasteiger partial charge on any atom is 0.225 e. The summed E-state index contributed by atoms with van der Waals surface area (Å²) in [7, 11) is 0. The van der Waals surface area contributed by atoms with Crippen LogP contribution in [0.3, 0.4) is 0 Å². The van der Waals surface area contributed by atoms with Gasteiger partial charge in [-0.25, -0.2) is 0 Å². The molecule has 0 aromatic carbocycles.